The number of benzene rings is 1. The summed E-state index contributed by atoms with van der Waals surface area (Å²) in [6.45, 7) is 4.11. The summed E-state index contributed by atoms with van der Waals surface area (Å²) in [5, 5.41) is 5.66. The molecule has 0 spiro atoms. The van der Waals surface area contributed by atoms with Crippen LogP contribution in [0.25, 0.3) is 10.1 Å². The normalized spacial score (nSPS) is 17.8. The predicted molar refractivity (Wildman–Crippen MR) is 70.4 cm³/mol. The van der Waals surface area contributed by atoms with Crippen molar-refractivity contribution < 1.29 is 4.39 Å². The highest BCUT2D eigenvalue weighted by molar-refractivity contribution is 7.19. The van der Waals surface area contributed by atoms with Gasteiger partial charge in [-0.05, 0) is 48.8 Å². The molecule has 89 valence electrons. The Hall–Kier alpha value is -0.930. The van der Waals surface area contributed by atoms with Gasteiger partial charge in [0.05, 0.1) is 0 Å². The van der Waals surface area contributed by atoms with Gasteiger partial charge in [0.2, 0.25) is 0 Å². The minimum Gasteiger partial charge on any atom is -0.242 e. The number of aryl methyl sites for hydroxylation is 1. The van der Waals surface area contributed by atoms with Gasteiger partial charge in [-0.15, -0.1) is 11.3 Å². The molecule has 0 atom stereocenters. The Bertz CT molecular complexity index is 540. The Morgan fingerprint density at radius 3 is 2.82 bits per heavy atom. The monoisotopic (exact) mass is 248 g/mol. The number of hydrogen-bond donors (Lipinski definition) is 0. The van der Waals surface area contributed by atoms with Gasteiger partial charge in [-0.25, -0.2) is 9.71 Å². The minimum absolute atomic E-state index is 0.135. The molecule has 3 rings (SSSR count). The number of fused-ring (bicyclic) bond motifs is 1. The molecule has 1 fully saturated rings. The minimum atomic E-state index is -0.135. The summed E-state index contributed by atoms with van der Waals surface area (Å²) >= 11 is 1.72. The van der Waals surface area contributed by atoms with Crippen molar-refractivity contribution in [1.82, 2.24) is 5.32 Å². The first-order valence-corrected chi connectivity index (χ1v) is 6.89. The smallest absolute Gasteiger partial charge is 0.124 e. The van der Waals surface area contributed by atoms with E-state index in [-0.39, 0.29) is 5.82 Å². The quantitative estimate of drug-likeness (QED) is 0.728. The van der Waals surface area contributed by atoms with Gasteiger partial charge in [0.1, 0.15) is 5.82 Å². The molecule has 0 saturated carbocycles. The van der Waals surface area contributed by atoms with E-state index in [4.69, 9.17) is 0 Å². The van der Waals surface area contributed by atoms with Gasteiger partial charge >= 0.3 is 0 Å². The molecule has 1 aromatic carbocycles. The Kier molecular flexibility index (Phi) is 2.89. The van der Waals surface area contributed by atoms with E-state index in [2.05, 4.69) is 12.2 Å². The van der Waals surface area contributed by atoms with Crippen molar-refractivity contribution in [2.45, 2.75) is 25.7 Å². The Labute approximate surface area is 105 Å². The van der Waals surface area contributed by atoms with Crippen LogP contribution in [-0.2, 0) is 0 Å². The van der Waals surface area contributed by atoms with Crippen LogP contribution < -0.4 is 5.32 Å². The van der Waals surface area contributed by atoms with Crippen molar-refractivity contribution in [3.63, 3.8) is 0 Å². The Morgan fingerprint density at radius 1 is 1.29 bits per heavy atom. The third-order valence-electron chi connectivity index (χ3n) is 3.56. The molecule has 2 aromatic rings. The summed E-state index contributed by atoms with van der Waals surface area (Å²) in [4.78, 5) is 1.34. The van der Waals surface area contributed by atoms with Crippen LogP contribution >= 0.6 is 11.3 Å². The molecule has 0 bridgehead atoms. The average Bonchev–Trinajstić information content (AvgIpc) is 2.65. The zero-order valence-electron chi connectivity index (χ0n) is 9.87. The molecule has 1 nitrogen and oxygen atoms in total. The van der Waals surface area contributed by atoms with Crippen LogP contribution in [0.3, 0.4) is 0 Å². The van der Waals surface area contributed by atoms with E-state index in [1.54, 1.807) is 23.5 Å². The largest absolute Gasteiger partial charge is 0.242 e. The summed E-state index contributed by atoms with van der Waals surface area (Å²) in [5.41, 5.74) is 1.44. The summed E-state index contributed by atoms with van der Waals surface area (Å²) < 4.78 is 14.3. The molecule has 1 saturated heterocycles. The lowest BCUT2D eigenvalue weighted by Gasteiger charge is -2.22. The lowest BCUT2D eigenvalue weighted by molar-refractivity contribution is 0.455. The van der Waals surface area contributed by atoms with Crippen LogP contribution in [0, 0.1) is 12.7 Å². The zero-order valence-corrected chi connectivity index (χ0v) is 10.7. The van der Waals surface area contributed by atoms with Crippen LogP contribution in [0.4, 0.5) is 4.39 Å². The van der Waals surface area contributed by atoms with E-state index in [9.17, 15) is 4.39 Å². The molecule has 1 aliphatic rings. The van der Waals surface area contributed by atoms with Gasteiger partial charge in [-0.2, -0.15) is 0 Å². The van der Waals surface area contributed by atoms with Crippen LogP contribution in [0.2, 0.25) is 0 Å². The maximum atomic E-state index is 13.2. The van der Waals surface area contributed by atoms with E-state index in [1.807, 2.05) is 6.07 Å². The third-order valence-corrected chi connectivity index (χ3v) is 4.64. The van der Waals surface area contributed by atoms with E-state index in [0.717, 1.165) is 30.6 Å². The zero-order chi connectivity index (χ0) is 11.8. The van der Waals surface area contributed by atoms with Gasteiger partial charge in [0, 0.05) is 22.7 Å². The molecule has 2 heterocycles. The maximum Gasteiger partial charge on any atom is 0.124 e. The summed E-state index contributed by atoms with van der Waals surface area (Å²) in [6.07, 6.45) is 2.29. The molecular weight excluding hydrogens is 233 g/mol. The second-order valence-corrected chi connectivity index (χ2v) is 5.91. The van der Waals surface area contributed by atoms with Gasteiger partial charge in [-0.3, -0.25) is 0 Å². The standard InChI is InChI=1S/C14H15FNS/c1-9-14(10-4-6-16-7-5-10)12-3-2-11(15)8-13(12)17-9/h2-3,8,10H,4-7H2,1H3. The first-order valence-electron chi connectivity index (χ1n) is 6.07. The first kappa shape index (κ1) is 11.2. The van der Waals surface area contributed by atoms with Crippen molar-refractivity contribution in [3.05, 3.63) is 34.5 Å². The maximum absolute atomic E-state index is 13.2. The average molecular weight is 248 g/mol. The molecule has 0 unspecified atom stereocenters. The summed E-state index contributed by atoms with van der Waals surface area (Å²) in [6, 6.07) is 5.17. The molecule has 1 aromatic heterocycles. The van der Waals surface area contributed by atoms with Crippen molar-refractivity contribution >= 4 is 21.4 Å². The van der Waals surface area contributed by atoms with Crippen molar-refractivity contribution in [1.29, 1.82) is 0 Å². The highest BCUT2D eigenvalue weighted by atomic mass is 32.1. The highest BCUT2D eigenvalue weighted by Gasteiger charge is 2.21. The fourth-order valence-electron chi connectivity index (χ4n) is 2.76. The van der Waals surface area contributed by atoms with Crippen molar-refractivity contribution in [3.8, 4) is 0 Å². The molecule has 1 radical (unpaired) electrons. The third kappa shape index (κ3) is 1.98. The van der Waals surface area contributed by atoms with Gasteiger partial charge in [0.15, 0.2) is 0 Å². The highest BCUT2D eigenvalue weighted by Crippen LogP contribution is 2.39. The van der Waals surface area contributed by atoms with Crippen LogP contribution in [-0.4, -0.2) is 13.1 Å². The molecule has 1 aliphatic heterocycles. The topological polar surface area (TPSA) is 14.1 Å². The van der Waals surface area contributed by atoms with Gasteiger partial charge in [0.25, 0.3) is 0 Å². The van der Waals surface area contributed by atoms with E-state index in [1.165, 1.54) is 15.8 Å². The van der Waals surface area contributed by atoms with Gasteiger partial charge in [-0.1, -0.05) is 6.07 Å². The van der Waals surface area contributed by atoms with E-state index >= 15 is 0 Å². The number of hydrogen-bond acceptors (Lipinski definition) is 1. The number of rotatable bonds is 1. The number of thiophene rings is 1. The number of piperidine rings is 1. The second kappa shape index (κ2) is 4.39. The predicted octanol–water partition coefficient (Wildman–Crippen LogP) is 3.83. The lowest BCUT2D eigenvalue weighted by Crippen LogP contribution is -2.21. The molecule has 0 amide bonds. The first-order chi connectivity index (χ1) is 8.25. The van der Waals surface area contributed by atoms with Crippen LogP contribution in [0.5, 0.6) is 0 Å². The molecule has 17 heavy (non-hydrogen) atoms. The lowest BCUT2D eigenvalue weighted by atomic mass is 9.88. The number of nitrogens with zero attached hydrogens (tertiary/aromatic N) is 1. The van der Waals surface area contributed by atoms with E-state index < -0.39 is 0 Å². The fourth-order valence-corrected chi connectivity index (χ4v) is 3.94. The Balaban J connectivity index is 2.11. The molecule has 3 heteroatoms. The summed E-state index contributed by atoms with van der Waals surface area (Å²) in [5.74, 6) is 0.482. The van der Waals surface area contributed by atoms with Crippen molar-refractivity contribution in [2.24, 2.45) is 0 Å². The SMILES string of the molecule is Cc1sc2cc(F)ccc2c1C1CC[N]CC1. The molecule has 0 aliphatic carbocycles. The fraction of sp³-hybridized carbons (Fsp3) is 0.429. The van der Waals surface area contributed by atoms with Crippen molar-refractivity contribution in [2.75, 3.05) is 13.1 Å². The van der Waals surface area contributed by atoms with Gasteiger partial charge < -0.3 is 0 Å². The Morgan fingerprint density at radius 2 is 2.06 bits per heavy atom. The van der Waals surface area contributed by atoms with E-state index in [0.29, 0.717) is 5.92 Å². The van der Waals surface area contributed by atoms with Crippen LogP contribution in [0.15, 0.2) is 18.2 Å². The molecular formula is C14H15FNS. The van der Waals surface area contributed by atoms with Crippen LogP contribution in [0.1, 0.15) is 29.2 Å². The summed E-state index contributed by atoms with van der Waals surface area (Å²) in [7, 11) is 0. The second-order valence-electron chi connectivity index (χ2n) is 4.66. The number of halogens is 1. The molecule has 0 N–H and O–H groups in total.